The number of rotatable bonds is 5. The Morgan fingerprint density at radius 3 is 2.51 bits per heavy atom. The van der Waals surface area contributed by atoms with E-state index in [-0.39, 0.29) is 18.7 Å². The van der Waals surface area contributed by atoms with Gasteiger partial charge in [-0.05, 0) is 64.9 Å². The number of primary amides is 1. The van der Waals surface area contributed by atoms with E-state index in [1.54, 1.807) is 17.4 Å². The molecule has 0 radical (unpaired) electrons. The summed E-state index contributed by atoms with van der Waals surface area (Å²) in [5.41, 5.74) is 1.21. The van der Waals surface area contributed by atoms with Gasteiger partial charge in [0.15, 0.2) is 0 Å². The predicted molar refractivity (Wildman–Crippen MR) is 143 cm³/mol. The number of amides is 1. The molecule has 0 unspecified atom stereocenters. The van der Waals surface area contributed by atoms with Crippen molar-refractivity contribution in [1.29, 1.82) is 0 Å². The summed E-state index contributed by atoms with van der Waals surface area (Å²) in [6, 6.07) is 13.8. The number of pyridine rings is 1. The summed E-state index contributed by atoms with van der Waals surface area (Å²) >= 11 is 1.56. The Bertz CT molecular complexity index is 1520. The molecule has 0 saturated heterocycles. The van der Waals surface area contributed by atoms with Crippen LogP contribution in [0.25, 0.3) is 21.3 Å². The number of benzene rings is 2. The standard InChI is InChI=1S/C27H22F4N2O2S.CH3NO/c1-25(2)15-35-24-20(25)12-22(33-23(24)17-4-6-19(28)7-5-17)26(34,27(29,30)31)14-32-13-16-3-8-21-18(11-16)9-10-36-21;2-1-3/h3-13,34H,14-15H2,1-2H3;1H,(H2,2,3)/t26-;/m0./s1. The lowest BCUT2D eigenvalue weighted by molar-refractivity contribution is -0.263. The molecule has 204 valence electrons. The Hall–Kier alpha value is -3.83. The van der Waals surface area contributed by atoms with E-state index in [0.717, 1.165) is 10.1 Å². The molecule has 0 spiro atoms. The van der Waals surface area contributed by atoms with Gasteiger partial charge in [0.1, 0.15) is 17.3 Å². The maximum atomic E-state index is 14.4. The zero-order chi connectivity index (χ0) is 28.4. The van der Waals surface area contributed by atoms with Gasteiger partial charge in [0.05, 0.1) is 18.8 Å². The smallest absolute Gasteiger partial charge is 0.424 e. The molecule has 0 fully saturated rings. The fourth-order valence-electron chi connectivity index (χ4n) is 4.19. The highest BCUT2D eigenvalue weighted by molar-refractivity contribution is 7.17. The number of aromatic nitrogens is 1. The lowest BCUT2D eigenvalue weighted by atomic mass is 9.84. The maximum Gasteiger partial charge on any atom is 0.424 e. The van der Waals surface area contributed by atoms with Crippen LogP contribution in [-0.2, 0) is 15.8 Å². The van der Waals surface area contributed by atoms with Gasteiger partial charge in [0.25, 0.3) is 0 Å². The third-order valence-electron chi connectivity index (χ3n) is 6.33. The fourth-order valence-corrected chi connectivity index (χ4v) is 4.96. The van der Waals surface area contributed by atoms with Crippen LogP contribution in [0.3, 0.4) is 0 Å². The van der Waals surface area contributed by atoms with E-state index in [2.05, 4.69) is 15.7 Å². The van der Waals surface area contributed by atoms with E-state index >= 15 is 0 Å². The first-order valence-electron chi connectivity index (χ1n) is 11.8. The molecule has 39 heavy (non-hydrogen) atoms. The molecular weight excluding hydrogens is 534 g/mol. The summed E-state index contributed by atoms with van der Waals surface area (Å²) in [5, 5.41) is 13.9. The Kier molecular flexibility index (Phi) is 7.76. The van der Waals surface area contributed by atoms with Crippen LogP contribution in [0, 0.1) is 5.82 Å². The largest absolute Gasteiger partial charge is 0.490 e. The van der Waals surface area contributed by atoms with E-state index < -0.39 is 35.2 Å². The van der Waals surface area contributed by atoms with Crippen molar-refractivity contribution in [2.45, 2.75) is 31.0 Å². The average molecular weight is 560 g/mol. The summed E-state index contributed by atoms with van der Waals surface area (Å²) in [4.78, 5) is 16.8. The first-order chi connectivity index (χ1) is 18.4. The van der Waals surface area contributed by atoms with Crippen LogP contribution < -0.4 is 10.5 Å². The van der Waals surface area contributed by atoms with Crippen LogP contribution in [0.15, 0.2) is 65.0 Å². The van der Waals surface area contributed by atoms with Crippen LogP contribution in [0.2, 0.25) is 0 Å². The van der Waals surface area contributed by atoms with Crippen molar-refractivity contribution in [3.8, 4) is 17.0 Å². The Morgan fingerprint density at radius 1 is 1.15 bits per heavy atom. The number of thiophene rings is 1. The van der Waals surface area contributed by atoms with Gasteiger partial charge in [-0.15, -0.1) is 11.3 Å². The van der Waals surface area contributed by atoms with E-state index in [1.165, 1.54) is 36.5 Å². The number of hydrogen-bond acceptors (Lipinski definition) is 6. The number of nitrogens with zero attached hydrogens (tertiary/aromatic N) is 2. The highest BCUT2D eigenvalue weighted by Crippen LogP contribution is 2.47. The number of carbonyl (C=O) groups excluding carboxylic acids is 1. The maximum absolute atomic E-state index is 14.4. The number of ether oxygens (including phenoxy) is 1. The monoisotopic (exact) mass is 559 g/mol. The van der Waals surface area contributed by atoms with Crippen LogP contribution in [0.1, 0.15) is 30.7 Å². The molecule has 2 aromatic heterocycles. The first-order valence-corrected chi connectivity index (χ1v) is 12.6. The summed E-state index contributed by atoms with van der Waals surface area (Å²) in [5.74, 6) is -0.165. The Balaban J connectivity index is 0.00000112. The number of carbonyl (C=O) groups is 1. The van der Waals surface area contributed by atoms with Crippen LogP contribution in [-0.4, -0.2) is 42.0 Å². The van der Waals surface area contributed by atoms with Crippen molar-refractivity contribution in [3.05, 3.63) is 82.6 Å². The average Bonchev–Trinajstić information content (AvgIpc) is 3.47. The number of fused-ring (bicyclic) bond motifs is 2. The third kappa shape index (κ3) is 5.64. The van der Waals surface area contributed by atoms with E-state index in [1.807, 2.05) is 37.4 Å². The lowest BCUT2D eigenvalue weighted by Crippen LogP contribution is -2.46. The predicted octanol–water partition coefficient (Wildman–Crippen LogP) is 5.74. The second-order valence-corrected chi connectivity index (χ2v) is 10.5. The van der Waals surface area contributed by atoms with Gasteiger partial charge >= 0.3 is 6.18 Å². The van der Waals surface area contributed by atoms with Gasteiger partial charge in [-0.25, -0.2) is 9.37 Å². The second kappa shape index (κ2) is 10.7. The normalized spacial score (nSPS) is 15.8. The minimum atomic E-state index is -5.06. The van der Waals surface area contributed by atoms with Gasteiger partial charge < -0.3 is 15.6 Å². The zero-order valence-electron chi connectivity index (χ0n) is 21.0. The number of halogens is 4. The first kappa shape index (κ1) is 28.2. The van der Waals surface area contributed by atoms with Gasteiger partial charge in [-0.2, -0.15) is 13.2 Å². The van der Waals surface area contributed by atoms with Gasteiger partial charge in [-0.1, -0.05) is 19.9 Å². The molecule has 3 N–H and O–H groups in total. The molecule has 3 heterocycles. The van der Waals surface area contributed by atoms with Gasteiger partial charge in [0.2, 0.25) is 12.0 Å². The number of aliphatic hydroxyl groups is 1. The molecule has 6 nitrogen and oxygen atoms in total. The number of alkyl halides is 3. The highest BCUT2D eigenvalue weighted by atomic mass is 32.1. The zero-order valence-corrected chi connectivity index (χ0v) is 21.8. The number of aliphatic imine (C=N–C) groups is 1. The molecule has 11 heteroatoms. The minimum Gasteiger partial charge on any atom is -0.490 e. The second-order valence-electron chi connectivity index (χ2n) is 9.59. The van der Waals surface area contributed by atoms with Crippen molar-refractivity contribution >= 4 is 34.0 Å². The summed E-state index contributed by atoms with van der Waals surface area (Å²) in [6.45, 7) is 2.92. The highest BCUT2D eigenvalue weighted by Gasteiger charge is 2.57. The molecule has 1 atom stereocenters. The molecule has 1 amide bonds. The Morgan fingerprint density at radius 2 is 1.85 bits per heavy atom. The van der Waals surface area contributed by atoms with Crippen molar-refractivity contribution in [1.82, 2.24) is 4.98 Å². The van der Waals surface area contributed by atoms with E-state index in [0.29, 0.717) is 22.4 Å². The van der Waals surface area contributed by atoms with Crippen molar-refractivity contribution < 1.29 is 32.2 Å². The fraction of sp³-hybridized carbons (Fsp3) is 0.250. The molecule has 0 aliphatic carbocycles. The summed E-state index contributed by atoms with van der Waals surface area (Å²) in [7, 11) is 0. The molecule has 1 aliphatic rings. The SMILES string of the molecule is CC1(C)COc2c1cc([C@@](O)(CN=Cc1ccc3sccc3c1)C(F)(F)F)nc2-c1ccc(F)cc1.NC=O. The van der Waals surface area contributed by atoms with Crippen LogP contribution in [0.4, 0.5) is 17.6 Å². The van der Waals surface area contributed by atoms with Crippen molar-refractivity contribution in [2.24, 2.45) is 10.7 Å². The summed E-state index contributed by atoms with van der Waals surface area (Å²) < 4.78 is 63.5. The molecule has 1 aliphatic heterocycles. The molecule has 5 rings (SSSR count). The Labute approximate surface area is 225 Å². The lowest BCUT2D eigenvalue weighted by Gasteiger charge is -2.30. The molecule has 0 bridgehead atoms. The van der Waals surface area contributed by atoms with E-state index in [4.69, 9.17) is 9.53 Å². The molecule has 0 saturated carbocycles. The van der Waals surface area contributed by atoms with Crippen LogP contribution in [0.5, 0.6) is 5.75 Å². The third-order valence-corrected chi connectivity index (χ3v) is 7.22. The van der Waals surface area contributed by atoms with E-state index in [9.17, 15) is 22.7 Å². The summed E-state index contributed by atoms with van der Waals surface area (Å²) in [6.07, 6.45) is -3.50. The van der Waals surface area contributed by atoms with Crippen molar-refractivity contribution in [3.63, 3.8) is 0 Å². The van der Waals surface area contributed by atoms with Crippen molar-refractivity contribution in [2.75, 3.05) is 13.2 Å². The molecule has 2 aromatic carbocycles. The number of hydrogen-bond donors (Lipinski definition) is 2. The number of nitrogens with two attached hydrogens (primary N) is 1. The molecular formula is C28H25F4N3O3S. The van der Waals surface area contributed by atoms with Gasteiger partial charge in [-0.3, -0.25) is 9.79 Å². The van der Waals surface area contributed by atoms with Gasteiger partial charge in [0, 0.05) is 27.5 Å². The minimum absolute atomic E-state index is 0.114. The topological polar surface area (TPSA) is 97.8 Å². The quantitative estimate of drug-likeness (QED) is 0.185. The molecule has 4 aromatic rings. The van der Waals surface area contributed by atoms with Crippen LogP contribution >= 0.6 is 11.3 Å².